The number of likely N-dealkylation sites (tertiary alicyclic amines) is 1. The molecule has 0 radical (unpaired) electrons. The van der Waals surface area contributed by atoms with E-state index in [4.69, 9.17) is 9.47 Å². The molecule has 1 aliphatic rings. The van der Waals surface area contributed by atoms with Gasteiger partial charge in [0.25, 0.3) is 5.91 Å². The van der Waals surface area contributed by atoms with E-state index < -0.39 is 0 Å². The highest BCUT2D eigenvalue weighted by Crippen LogP contribution is 2.29. The first-order valence-corrected chi connectivity index (χ1v) is 9.80. The van der Waals surface area contributed by atoms with E-state index in [1.54, 1.807) is 13.2 Å². The number of hydrogen-bond donors (Lipinski definition) is 0. The predicted octanol–water partition coefficient (Wildman–Crippen LogP) is 3.82. The van der Waals surface area contributed by atoms with Gasteiger partial charge in [-0.2, -0.15) is 0 Å². The zero-order valence-corrected chi connectivity index (χ0v) is 17.0. The minimum atomic E-state index is 0.0476. The van der Waals surface area contributed by atoms with E-state index in [9.17, 15) is 4.79 Å². The van der Waals surface area contributed by atoms with Gasteiger partial charge < -0.3 is 19.3 Å². The Morgan fingerprint density at radius 1 is 1.27 bits per heavy atom. The minimum absolute atomic E-state index is 0.0476. The van der Waals surface area contributed by atoms with Crippen LogP contribution in [0.25, 0.3) is 0 Å². The average molecular weight is 363 g/mol. The van der Waals surface area contributed by atoms with Crippen LogP contribution >= 0.6 is 0 Å². The van der Waals surface area contributed by atoms with Crippen LogP contribution in [0.15, 0.2) is 18.2 Å². The topological polar surface area (TPSA) is 42.0 Å². The summed E-state index contributed by atoms with van der Waals surface area (Å²) in [5.41, 5.74) is 0.651. The Morgan fingerprint density at radius 2 is 1.96 bits per heavy atom. The molecule has 146 valence electrons. The van der Waals surface area contributed by atoms with Gasteiger partial charge >= 0.3 is 0 Å². The van der Waals surface area contributed by atoms with E-state index >= 15 is 0 Å². The summed E-state index contributed by atoms with van der Waals surface area (Å²) in [5.74, 6) is 1.37. The highest BCUT2D eigenvalue weighted by molar-refractivity contribution is 5.95. The van der Waals surface area contributed by atoms with Gasteiger partial charge in [0.2, 0.25) is 0 Å². The third-order valence-corrected chi connectivity index (χ3v) is 5.26. The highest BCUT2D eigenvalue weighted by Gasteiger charge is 2.27. The van der Waals surface area contributed by atoms with Crippen molar-refractivity contribution in [3.05, 3.63) is 23.8 Å². The third-order valence-electron chi connectivity index (χ3n) is 5.26. The molecule has 0 bridgehead atoms. The molecule has 1 fully saturated rings. The standard InChI is InChI=1S/C21H34N2O3/c1-6-7-14-26-19-9-8-17(15-20(19)25-5)21(24)22(4)18-10-12-23(13-11-18)16(2)3/h8-9,15-16,18H,6-7,10-14H2,1-5H3. The number of nitrogens with zero attached hydrogens (tertiary/aromatic N) is 2. The molecule has 0 atom stereocenters. The fourth-order valence-corrected chi connectivity index (χ4v) is 3.41. The molecule has 0 spiro atoms. The molecule has 1 heterocycles. The fourth-order valence-electron chi connectivity index (χ4n) is 3.41. The van der Waals surface area contributed by atoms with Crippen LogP contribution in [-0.2, 0) is 0 Å². The molecule has 5 heteroatoms. The van der Waals surface area contributed by atoms with Crippen LogP contribution in [-0.4, -0.2) is 61.6 Å². The van der Waals surface area contributed by atoms with Crippen LogP contribution in [0.5, 0.6) is 11.5 Å². The lowest BCUT2D eigenvalue weighted by atomic mass is 10.0. The molecule has 0 saturated carbocycles. The van der Waals surface area contributed by atoms with Crippen molar-refractivity contribution in [3.8, 4) is 11.5 Å². The van der Waals surface area contributed by atoms with Crippen molar-refractivity contribution in [2.24, 2.45) is 0 Å². The Balaban J connectivity index is 2.02. The summed E-state index contributed by atoms with van der Waals surface area (Å²) in [5, 5.41) is 0. The Hall–Kier alpha value is -1.75. The first-order chi connectivity index (χ1) is 12.5. The second-order valence-corrected chi connectivity index (χ2v) is 7.34. The molecule has 1 aromatic rings. The summed E-state index contributed by atoms with van der Waals surface area (Å²) in [7, 11) is 3.53. The van der Waals surface area contributed by atoms with Gasteiger partial charge in [-0.05, 0) is 51.3 Å². The maximum absolute atomic E-state index is 12.9. The van der Waals surface area contributed by atoms with Crippen LogP contribution in [0.4, 0.5) is 0 Å². The van der Waals surface area contributed by atoms with Crippen molar-refractivity contribution >= 4 is 5.91 Å². The maximum Gasteiger partial charge on any atom is 0.253 e. The number of ether oxygens (including phenoxy) is 2. The van der Waals surface area contributed by atoms with Crippen molar-refractivity contribution in [2.45, 2.75) is 58.5 Å². The first-order valence-electron chi connectivity index (χ1n) is 9.80. The summed E-state index contributed by atoms with van der Waals surface area (Å²) in [6.45, 7) is 9.34. The maximum atomic E-state index is 12.9. The largest absolute Gasteiger partial charge is 0.493 e. The van der Waals surface area contributed by atoms with Crippen molar-refractivity contribution in [3.63, 3.8) is 0 Å². The normalized spacial score (nSPS) is 15.9. The summed E-state index contributed by atoms with van der Waals surface area (Å²) in [6, 6.07) is 6.34. The van der Waals surface area contributed by atoms with Gasteiger partial charge in [-0.3, -0.25) is 4.79 Å². The van der Waals surface area contributed by atoms with Gasteiger partial charge in [0, 0.05) is 37.8 Å². The molecule has 0 N–H and O–H groups in total. The van der Waals surface area contributed by atoms with Gasteiger partial charge in [-0.25, -0.2) is 0 Å². The number of carbonyl (C=O) groups is 1. The van der Waals surface area contributed by atoms with Crippen molar-refractivity contribution in [1.82, 2.24) is 9.80 Å². The lowest BCUT2D eigenvalue weighted by Gasteiger charge is -2.38. The molecular weight excluding hydrogens is 328 g/mol. The van der Waals surface area contributed by atoms with Crippen LogP contribution in [0.3, 0.4) is 0 Å². The second-order valence-electron chi connectivity index (χ2n) is 7.34. The van der Waals surface area contributed by atoms with Crippen LogP contribution in [0.2, 0.25) is 0 Å². The Labute approximate surface area is 158 Å². The predicted molar refractivity (Wildman–Crippen MR) is 105 cm³/mol. The molecule has 2 rings (SSSR count). The highest BCUT2D eigenvalue weighted by atomic mass is 16.5. The lowest BCUT2D eigenvalue weighted by Crippen LogP contribution is -2.47. The molecule has 0 aliphatic carbocycles. The van der Waals surface area contributed by atoms with Gasteiger partial charge in [0.15, 0.2) is 11.5 Å². The van der Waals surface area contributed by atoms with Crippen molar-refractivity contribution in [2.75, 3.05) is 33.9 Å². The molecule has 0 aromatic heterocycles. The number of rotatable bonds is 8. The van der Waals surface area contributed by atoms with E-state index in [0.29, 0.717) is 35.8 Å². The number of benzene rings is 1. The Bertz CT molecular complexity index is 581. The van der Waals surface area contributed by atoms with E-state index in [-0.39, 0.29) is 5.91 Å². The zero-order valence-electron chi connectivity index (χ0n) is 17.0. The van der Waals surface area contributed by atoms with Gasteiger partial charge in [0.1, 0.15) is 0 Å². The van der Waals surface area contributed by atoms with Crippen LogP contribution < -0.4 is 9.47 Å². The summed E-state index contributed by atoms with van der Waals surface area (Å²) >= 11 is 0. The number of unbranched alkanes of at least 4 members (excludes halogenated alkanes) is 1. The van der Waals surface area contributed by atoms with Crippen molar-refractivity contribution in [1.29, 1.82) is 0 Å². The third kappa shape index (κ3) is 5.13. The summed E-state index contributed by atoms with van der Waals surface area (Å²) in [6.07, 6.45) is 4.13. The Morgan fingerprint density at radius 3 is 2.54 bits per heavy atom. The molecule has 0 unspecified atom stereocenters. The molecule has 5 nitrogen and oxygen atoms in total. The summed E-state index contributed by atoms with van der Waals surface area (Å²) in [4.78, 5) is 17.3. The molecule has 26 heavy (non-hydrogen) atoms. The van der Waals surface area contributed by atoms with Crippen molar-refractivity contribution < 1.29 is 14.3 Å². The number of carbonyl (C=O) groups excluding carboxylic acids is 1. The second kappa shape index (κ2) is 9.81. The van der Waals surface area contributed by atoms with Crippen LogP contribution in [0.1, 0.15) is 56.8 Å². The Kier molecular flexibility index (Phi) is 7.76. The molecule has 1 amide bonds. The smallest absolute Gasteiger partial charge is 0.253 e. The lowest BCUT2D eigenvalue weighted by molar-refractivity contribution is 0.0615. The van der Waals surface area contributed by atoms with Crippen LogP contribution in [0, 0.1) is 0 Å². The number of amides is 1. The fraction of sp³-hybridized carbons (Fsp3) is 0.667. The van der Waals surface area contributed by atoms with E-state index in [1.807, 2.05) is 24.1 Å². The van der Waals surface area contributed by atoms with Gasteiger partial charge in [-0.1, -0.05) is 13.3 Å². The average Bonchev–Trinajstić information content (AvgIpc) is 2.67. The number of methoxy groups -OCH3 is 1. The monoisotopic (exact) mass is 362 g/mol. The number of hydrogen-bond acceptors (Lipinski definition) is 4. The molecule has 1 saturated heterocycles. The molecular formula is C21H34N2O3. The van der Waals surface area contributed by atoms with E-state index in [1.165, 1.54) is 0 Å². The quantitative estimate of drug-likeness (QED) is 0.659. The first kappa shape index (κ1) is 20.6. The summed E-state index contributed by atoms with van der Waals surface area (Å²) < 4.78 is 11.2. The van der Waals surface area contributed by atoms with Gasteiger partial charge in [-0.15, -0.1) is 0 Å². The SMILES string of the molecule is CCCCOc1ccc(C(=O)N(C)C2CCN(C(C)C)CC2)cc1OC. The molecule has 1 aliphatic heterocycles. The van der Waals surface area contributed by atoms with Gasteiger partial charge in [0.05, 0.1) is 13.7 Å². The number of piperidine rings is 1. The molecule has 1 aromatic carbocycles. The van der Waals surface area contributed by atoms with E-state index in [2.05, 4.69) is 25.7 Å². The van der Waals surface area contributed by atoms with E-state index in [0.717, 1.165) is 38.8 Å². The minimum Gasteiger partial charge on any atom is -0.493 e. The zero-order chi connectivity index (χ0) is 19.1.